The molecule has 0 aromatic rings. The number of ketones is 2. The van der Waals surface area contributed by atoms with Gasteiger partial charge in [0.2, 0.25) is 0 Å². The summed E-state index contributed by atoms with van der Waals surface area (Å²) in [7, 11) is 3.44. The zero-order valence-corrected chi connectivity index (χ0v) is 18.4. The molecule has 0 spiro atoms. The first-order valence-corrected chi connectivity index (χ1v) is 10.3. The van der Waals surface area contributed by atoms with E-state index < -0.39 is 23.7 Å². The van der Waals surface area contributed by atoms with E-state index in [2.05, 4.69) is 0 Å². The van der Waals surface area contributed by atoms with Gasteiger partial charge in [-0.15, -0.1) is 0 Å². The minimum Gasteiger partial charge on any atom is -0.511 e. The number of nitrogens with one attached hydrogen (secondary N) is 1. The second-order valence-corrected chi connectivity index (χ2v) is 7.77. The van der Waals surface area contributed by atoms with Gasteiger partial charge in [-0.05, 0) is 36.5 Å². The van der Waals surface area contributed by atoms with Crippen molar-refractivity contribution in [2.75, 3.05) is 27.9 Å². The molecule has 4 aliphatic rings. The van der Waals surface area contributed by atoms with Gasteiger partial charge in [-0.2, -0.15) is 0 Å². The number of ether oxygens (including phenoxy) is 1. The molecule has 0 saturated heterocycles. The first kappa shape index (κ1) is 25.5. The van der Waals surface area contributed by atoms with Crippen molar-refractivity contribution in [1.29, 1.82) is 5.41 Å². The molecule has 176 valence electrons. The van der Waals surface area contributed by atoms with Crippen LogP contribution in [0.4, 0.5) is 0 Å². The van der Waals surface area contributed by atoms with Gasteiger partial charge >= 0.3 is 0 Å². The van der Waals surface area contributed by atoms with Crippen LogP contribution < -0.4 is 0 Å². The van der Waals surface area contributed by atoms with Crippen LogP contribution >= 0.6 is 0 Å². The molecular weight excluding hydrogens is 418 g/mol. The van der Waals surface area contributed by atoms with Crippen molar-refractivity contribution in [1.82, 2.24) is 0 Å². The summed E-state index contributed by atoms with van der Waals surface area (Å²) in [6.45, 7) is -0.367. The topological polar surface area (TPSA) is 168 Å². The molecule has 4 rings (SSSR count). The molecule has 0 heterocycles. The van der Waals surface area contributed by atoms with Gasteiger partial charge in [-0.3, -0.25) is 9.59 Å². The number of hydrogen-bond acceptors (Lipinski definition) is 9. The summed E-state index contributed by atoms with van der Waals surface area (Å²) >= 11 is 0. The van der Waals surface area contributed by atoms with E-state index >= 15 is 0 Å². The van der Waals surface area contributed by atoms with Gasteiger partial charge in [0.1, 0.15) is 17.3 Å². The van der Waals surface area contributed by atoms with E-state index in [4.69, 9.17) is 20.4 Å². The number of rotatable bonds is 3. The standard InChI is InChI=1S/C21H23NO6.2CH4O/c1-28-14-4-2-3-11-15(14)21(27)17-16(19(11)25)20(26)12-7-9(13(22)8-23)5-6-10(12)18(17)24;2*1-2/h2-4,9,11,15-17,22-24,26H,5-8H2,1H3;2*2H,1H3. The van der Waals surface area contributed by atoms with Crippen molar-refractivity contribution in [3.05, 3.63) is 46.7 Å². The highest BCUT2D eigenvalue weighted by atomic mass is 16.5. The number of fused-ring (bicyclic) bond motifs is 3. The molecule has 0 radical (unpaired) electrons. The van der Waals surface area contributed by atoms with Crippen LogP contribution in [0.5, 0.6) is 0 Å². The quantitative estimate of drug-likeness (QED) is 0.351. The van der Waals surface area contributed by atoms with E-state index in [0.29, 0.717) is 29.7 Å². The molecule has 0 aromatic heterocycles. The maximum atomic E-state index is 13.3. The Balaban J connectivity index is 0.000000860. The van der Waals surface area contributed by atoms with E-state index in [1.54, 1.807) is 18.2 Å². The SMILES string of the molecule is CO.CO.COC1=CC=CC2C(=O)C3C(O)=C4CC(C(=N)CO)CCC4=C(O)C3C(=O)C12. The van der Waals surface area contributed by atoms with Crippen LogP contribution in [0.25, 0.3) is 0 Å². The van der Waals surface area contributed by atoms with Crippen molar-refractivity contribution in [2.45, 2.75) is 19.3 Å². The van der Waals surface area contributed by atoms with Gasteiger partial charge in [0.25, 0.3) is 0 Å². The molecule has 0 bridgehead atoms. The normalized spacial score (nSPS) is 30.6. The van der Waals surface area contributed by atoms with Gasteiger partial charge in [0, 0.05) is 25.8 Å². The monoisotopic (exact) mass is 449 g/mol. The van der Waals surface area contributed by atoms with Crippen molar-refractivity contribution >= 4 is 17.3 Å². The lowest BCUT2D eigenvalue weighted by atomic mass is 9.59. The first-order chi connectivity index (χ1) is 15.4. The van der Waals surface area contributed by atoms with Crippen molar-refractivity contribution in [3.63, 3.8) is 0 Å². The Hall–Kier alpha value is -2.75. The van der Waals surface area contributed by atoms with Crippen molar-refractivity contribution in [2.24, 2.45) is 29.6 Å². The molecule has 0 amide bonds. The summed E-state index contributed by atoms with van der Waals surface area (Å²) in [5.41, 5.74) is 1.10. The van der Waals surface area contributed by atoms with Crippen LogP contribution in [-0.4, -0.2) is 70.7 Å². The van der Waals surface area contributed by atoms with Gasteiger partial charge in [0.15, 0.2) is 11.6 Å². The molecular formula is C23H31NO8. The molecule has 2 saturated carbocycles. The smallest absolute Gasteiger partial charge is 0.156 e. The second-order valence-electron chi connectivity index (χ2n) is 7.77. The van der Waals surface area contributed by atoms with E-state index in [9.17, 15) is 24.9 Å². The molecule has 4 aliphatic carbocycles. The predicted molar refractivity (Wildman–Crippen MR) is 116 cm³/mol. The first-order valence-electron chi connectivity index (χ1n) is 10.3. The molecule has 0 aliphatic heterocycles. The summed E-state index contributed by atoms with van der Waals surface area (Å²) in [5, 5.41) is 53.0. The van der Waals surface area contributed by atoms with Crippen LogP contribution in [0.15, 0.2) is 46.7 Å². The van der Waals surface area contributed by atoms with Crippen molar-refractivity contribution in [3.8, 4) is 0 Å². The summed E-state index contributed by atoms with van der Waals surface area (Å²) < 4.78 is 5.30. The number of aliphatic hydroxyl groups excluding tert-OH is 5. The predicted octanol–water partition coefficient (Wildman–Crippen LogP) is 1.37. The van der Waals surface area contributed by atoms with Crippen LogP contribution in [-0.2, 0) is 14.3 Å². The van der Waals surface area contributed by atoms with Crippen LogP contribution in [0.2, 0.25) is 0 Å². The summed E-state index contributed by atoms with van der Waals surface area (Å²) in [6, 6.07) is 0. The van der Waals surface area contributed by atoms with E-state index in [0.717, 1.165) is 14.2 Å². The Labute approximate surface area is 186 Å². The lowest BCUT2D eigenvalue weighted by Gasteiger charge is -2.43. The van der Waals surface area contributed by atoms with Gasteiger partial charge < -0.3 is 35.7 Å². The number of carbonyl (C=O) groups excluding carboxylic acids is 2. The highest BCUT2D eigenvalue weighted by Crippen LogP contribution is 2.51. The number of hydrogen-bond donors (Lipinski definition) is 6. The Morgan fingerprint density at radius 3 is 2.22 bits per heavy atom. The van der Waals surface area contributed by atoms with Crippen LogP contribution in [0.1, 0.15) is 19.3 Å². The minimum absolute atomic E-state index is 0.145. The average Bonchev–Trinajstić information content (AvgIpc) is 2.85. The fraction of sp³-hybridized carbons (Fsp3) is 0.522. The molecule has 2 fully saturated rings. The third kappa shape index (κ3) is 4.03. The Kier molecular flexibility index (Phi) is 8.54. The number of Topliss-reactive ketones (excluding diaryl/α,β-unsaturated/α-hetero) is 2. The molecule has 5 atom stereocenters. The average molecular weight is 450 g/mol. The number of aliphatic hydroxyl groups is 5. The molecule has 6 N–H and O–H groups in total. The molecule has 0 aromatic carbocycles. The van der Waals surface area contributed by atoms with Gasteiger partial charge in [0.05, 0.1) is 37.4 Å². The fourth-order valence-corrected chi connectivity index (χ4v) is 5.03. The third-order valence-electron chi connectivity index (χ3n) is 6.49. The molecule has 32 heavy (non-hydrogen) atoms. The van der Waals surface area contributed by atoms with Crippen molar-refractivity contribution < 1.29 is 39.9 Å². The second kappa shape index (κ2) is 10.7. The molecule has 9 nitrogen and oxygen atoms in total. The summed E-state index contributed by atoms with van der Waals surface area (Å²) in [5.74, 6) is -4.58. The van der Waals surface area contributed by atoms with E-state index in [1.165, 1.54) is 7.11 Å². The lowest BCUT2D eigenvalue weighted by molar-refractivity contribution is -0.145. The zero-order chi connectivity index (χ0) is 24.2. The number of allylic oxidation sites excluding steroid dienone is 8. The van der Waals surface area contributed by atoms with Crippen LogP contribution in [0.3, 0.4) is 0 Å². The zero-order valence-electron chi connectivity index (χ0n) is 18.4. The largest absolute Gasteiger partial charge is 0.511 e. The maximum absolute atomic E-state index is 13.3. The van der Waals surface area contributed by atoms with Gasteiger partial charge in [-0.1, -0.05) is 12.2 Å². The van der Waals surface area contributed by atoms with E-state index in [-0.39, 0.29) is 47.7 Å². The third-order valence-corrected chi connectivity index (χ3v) is 6.49. The Morgan fingerprint density at radius 1 is 1.03 bits per heavy atom. The lowest BCUT2D eigenvalue weighted by Crippen LogP contribution is -2.51. The Morgan fingerprint density at radius 2 is 1.62 bits per heavy atom. The Bertz CT molecular complexity index is 898. The maximum Gasteiger partial charge on any atom is 0.156 e. The summed E-state index contributed by atoms with van der Waals surface area (Å²) in [4.78, 5) is 26.5. The number of methoxy groups -OCH3 is 1. The highest BCUT2D eigenvalue weighted by molar-refractivity contribution is 6.05. The summed E-state index contributed by atoms with van der Waals surface area (Å²) in [6.07, 6.45) is 6.13. The van der Waals surface area contributed by atoms with Crippen LogP contribution in [0, 0.1) is 35.0 Å². The van der Waals surface area contributed by atoms with Gasteiger partial charge in [-0.25, -0.2) is 0 Å². The molecule has 9 heteroatoms. The fourth-order valence-electron chi connectivity index (χ4n) is 5.03. The van der Waals surface area contributed by atoms with E-state index in [1.807, 2.05) is 0 Å². The number of carbonyl (C=O) groups is 2. The molecule has 5 unspecified atom stereocenters. The minimum atomic E-state index is -1.12. The highest BCUT2D eigenvalue weighted by Gasteiger charge is 2.56.